The lowest BCUT2D eigenvalue weighted by molar-refractivity contribution is -0.000692. The molecule has 0 aliphatic carbocycles. The molecule has 1 rings (SSSR count). The fraction of sp³-hybridized carbons (Fsp3) is 1.00. The van der Waals surface area contributed by atoms with Crippen LogP contribution in [0.25, 0.3) is 0 Å². The van der Waals surface area contributed by atoms with Gasteiger partial charge >= 0.3 is 0 Å². The molecule has 0 saturated carbocycles. The molecule has 1 fully saturated rings. The van der Waals surface area contributed by atoms with Gasteiger partial charge in [-0.3, -0.25) is 0 Å². The van der Waals surface area contributed by atoms with Crippen LogP contribution in [0.3, 0.4) is 0 Å². The summed E-state index contributed by atoms with van der Waals surface area (Å²) in [5.41, 5.74) is -0.00286. The summed E-state index contributed by atoms with van der Waals surface area (Å²) in [6.45, 7) is 9.21. The minimum absolute atomic E-state index is 0.00286. The van der Waals surface area contributed by atoms with E-state index in [4.69, 9.17) is 4.74 Å². The van der Waals surface area contributed by atoms with Gasteiger partial charge in [-0.25, -0.2) is 0 Å². The Morgan fingerprint density at radius 1 is 1.33 bits per heavy atom. The standard InChI is InChI=1S/C11H23NOS2/c1-11(2,3)13-5-4-12-8-10-9-14-6-7-15-10/h10,12H,4-9H2,1-3H3. The fourth-order valence-electron chi connectivity index (χ4n) is 1.35. The van der Waals surface area contributed by atoms with Crippen LogP contribution in [0.15, 0.2) is 0 Å². The summed E-state index contributed by atoms with van der Waals surface area (Å²) in [5, 5.41) is 4.27. The van der Waals surface area contributed by atoms with E-state index in [0.717, 1.165) is 24.9 Å². The van der Waals surface area contributed by atoms with Gasteiger partial charge in [0.1, 0.15) is 0 Å². The Hall–Kier alpha value is 0.620. The molecular weight excluding hydrogens is 226 g/mol. The second-order valence-electron chi connectivity index (χ2n) is 4.73. The first-order chi connectivity index (χ1) is 7.08. The van der Waals surface area contributed by atoms with Gasteiger partial charge in [-0.2, -0.15) is 23.5 Å². The summed E-state index contributed by atoms with van der Waals surface area (Å²) in [5.74, 6) is 3.95. The summed E-state index contributed by atoms with van der Waals surface area (Å²) < 4.78 is 5.64. The summed E-state index contributed by atoms with van der Waals surface area (Å²) in [4.78, 5) is 0. The van der Waals surface area contributed by atoms with Gasteiger partial charge in [-0.15, -0.1) is 0 Å². The van der Waals surface area contributed by atoms with Crippen molar-refractivity contribution in [3.05, 3.63) is 0 Å². The lowest BCUT2D eigenvalue weighted by Gasteiger charge is -2.22. The molecule has 1 heterocycles. The van der Waals surface area contributed by atoms with Gasteiger partial charge in [0.25, 0.3) is 0 Å². The normalized spacial score (nSPS) is 23.0. The first kappa shape index (κ1) is 13.7. The SMILES string of the molecule is CC(C)(C)OCCNCC1CSCCS1. The van der Waals surface area contributed by atoms with Gasteiger partial charge < -0.3 is 10.1 Å². The fourth-order valence-corrected chi connectivity index (χ4v) is 3.99. The Labute approximate surface area is 102 Å². The number of thioether (sulfide) groups is 2. The Bertz CT molecular complexity index is 164. The zero-order valence-electron chi connectivity index (χ0n) is 10.0. The number of hydrogen-bond donors (Lipinski definition) is 1. The van der Waals surface area contributed by atoms with Crippen molar-refractivity contribution in [2.75, 3.05) is 37.0 Å². The van der Waals surface area contributed by atoms with Gasteiger partial charge in [-0.05, 0) is 20.8 Å². The Kier molecular flexibility index (Phi) is 6.43. The maximum atomic E-state index is 5.64. The minimum Gasteiger partial charge on any atom is -0.375 e. The quantitative estimate of drug-likeness (QED) is 0.754. The first-order valence-electron chi connectivity index (χ1n) is 5.62. The average Bonchev–Trinajstić information content (AvgIpc) is 2.17. The highest BCUT2D eigenvalue weighted by Gasteiger charge is 2.13. The van der Waals surface area contributed by atoms with Crippen LogP contribution >= 0.6 is 23.5 Å². The van der Waals surface area contributed by atoms with E-state index in [1.54, 1.807) is 0 Å². The van der Waals surface area contributed by atoms with Crippen molar-refractivity contribution in [1.82, 2.24) is 5.32 Å². The van der Waals surface area contributed by atoms with Gasteiger partial charge in [0.05, 0.1) is 12.2 Å². The van der Waals surface area contributed by atoms with Gasteiger partial charge in [0.15, 0.2) is 0 Å². The van der Waals surface area contributed by atoms with Crippen LogP contribution in [0.4, 0.5) is 0 Å². The third-order valence-corrected chi connectivity index (χ3v) is 4.92. The van der Waals surface area contributed by atoms with Crippen LogP contribution in [0, 0.1) is 0 Å². The van der Waals surface area contributed by atoms with E-state index in [2.05, 4.69) is 49.6 Å². The second-order valence-corrected chi connectivity index (χ2v) is 7.29. The molecule has 15 heavy (non-hydrogen) atoms. The Morgan fingerprint density at radius 3 is 2.73 bits per heavy atom. The molecule has 2 nitrogen and oxygen atoms in total. The largest absolute Gasteiger partial charge is 0.375 e. The summed E-state index contributed by atoms with van der Waals surface area (Å²) in [6, 6.07) is 0. The van der Waals surface area contributed by atoms with Crippen LogP contribution in [0.5, 0.6) is 0 Å². The van der Waals surface area contributed by atoms with Gasteiger partial charge in [0.2, 0.25) is 0 Å². The van der Waals surface area contributed by atoms with E-state index in [-0.39, 0.29) is 5.60 Å². The van der Waals surface area contributed by atoms with E-state index in [1.165, 1.54) is 17.3 Å². The van der Waals surface area contributed by atoms with E-state index >= 15 is 0 Å². The van der Waals surface area contributed by atoms with Crippen LogP contribution in [0.1, 0.15) is 20.8 Å². The van der Waals surface area contributed by atoms with E-state index in [9.17, 15) is 0 Å². The molecule has 0 amide bonds. The molecule has 0 aromatic carbocycles. The zero-order valence-corrected chi connectivity index (χ0v) is 11.7. The van der Waals surface area contributed by atoms with Crippen molar-refractivity contribution in [3.63, 3.8) is 0 Å². The number of ether oxygens (including phenoxy) is 1. The molecule has 0 aromatic heterocycles. The van der Waals surface area contributed by atoms with E-state index in [0.29, 0.717) is 0 Å². The van der Waals surface area contributed by atoms with Crippen molar-refractivity contribution in [3.8, 4) is 0 Å². The topological polar surface area (TPSA) is 21.3 Å². The molecule has 0 bridgehead atoms. The molecule has 90 valence electrons. The highest BCUT2D eigenvalue weighted by atomic mass is 32.2. The van der Waals surface area contributed by atoms with E-state index < -0.39 is 0 Å². The average molecular weight is 249 g/mol. The summed E-state index contributed by atoms with van der Waals surface area (Å²) >= 11 is 4.18. The maximum Gasteiger partial charge on any atom is 0.0599 e. The molecule has 0 aromatic rings. The van der Waals surface area contributed by atoms with Crippen LogP contribution < -0.4 is 5.32 Å². The maximum absolute atomic E-state index is 5.64. The first-order valence-corrected chi connectivity index (χ1v) is 7.82. The van der Waals surface area contributed by atoms with Crippen LogP contribution in [-0.2, 0) is 4.74 Å². The molecule has 1 atom stereocenters. The third-order valence-electron chi connectivity index (χ3n) is 2.07. The lowest BCUT2D eigenvalue weighted by atomic mass is 10.2. The monoisotopic (exact) mass is 249 g/mol. The van der Waals surface area contributed by atoms with E-state index in [1.807, 2.05) is 0 Å². The summed E-state index contributed by atoms with van der Waals surface area (Å²) in [6.07, 6.45) is 0. The van der Waals surface area contributed by atoms with Gasteiger partial charge in [-0.1, -0.05) is 0 Å². The highest BCUT2D eigenvalue weighted by molar-refractivity contribution is 8.06. The van der Waals surface area contributed by atoms with Gasteiger partial charge in [0, 0.05) is 35.6 Å². The number of nitrogens with one attached hydrogen (secondary N) is 1. The Balaban J connectivity index is 1.92. The molecule has 0 spiro atoms. The van der Waals surface area contributed by atoms with Crippen molar-refractivity contribution in [2.45, 2.75) is 31.6 Å². The lowest BCUT2D eigenvalue weighted by Crippen LogP contribution is -2.32. The minimum atomic E-state index is -0.00286. The number of rotatable bonds is 5. The zero-order chi connectivity index (χ0) is 11.1. The smallest absolute Gasteiger partial charge is 0.0599 e. The highest BCUT2D eigenvalue weighted by Crippen LogP contribution is 2.23. The predicted molar refractivity (Wildman–Crippen MR) is 72.1 cm³/mol. The molecule has 1 saturated heterocycles. The molecule has 1 aliphatic heterocycles. The molecular formula is C11H23NOS2. The molecule has 1 N–H and O–H groups in total. The number of hydrogen-bond acceptors (Lipinski definition) is 4. The summed E-state index contributed by atoms with van der Waals surface area (Å²) in [7, 11) is 0. The van der Waals surface area contributed by atoms with Crippen molar-refractivity contribution in [1.29, 1.82) is 0 Å². The molecule has 1 unspecified atom stereocenters. The predicted octanol–water partition coefficient (Wildman–Crippen LogP) is 2.24. The van der Waals surface area contributed by atoms with Crippen LogP contribution in [0.2, 0.25) is 0 Å². The van der Waals surface area contributed by atoms with Crippen molar-refractivity contribution in [2.24, 2.45) is 0 Å². The third kappa shape index (κ3) is 7.50. The second kappa shape index (κ2) is 7.05. The molecule has 1 aliphatic rings. The molecule has 0 radical (unpaired) electrons. The van der Waals surface area contributed by atoms with Crippen molar-refractivity contribution >= 4 is 23.5 Å². The van der Waals surface area contributed by atoms with Crippen molar-refractivity contribution < 1.29 is 4.74 Å². The Morgan fingerprint density at radius 2 is 2.13 bits per heavy atom. The molecule has 4 heteroatoms. The van der Waals surface area contributed by atoms with Crippen LogP contribution in [-0.4, -0.2) is 47.8 Å².